The van der Waals surface area contributed by atoms with Crippen molar-refractivity contribution in [1.29, 1.82) is 0 Å². The number of aromatic amines is 1. The first-order chi connectivity index (χ1) is 14.0. The number of aliphatic hydroxyl groups excluding tert-OH is 2. The van der Waals surface area contributed by atoms with Gasteiger partial charge in [-0.2, -0.15) is 4.98 Å². The van der Waals surface area contributed by atoms with Crippen molar-refractivity contribution >= 4 is 23.2 Å². The maximum atomic E-state index is 13.1. The lowest BCUT2D eigenvalue weighted by Gasteiger charge is -2.15. The molecule has 0 bridgehead atoms. The monoisotopic (exact) mass is 399 g/mol. The number of ether oxygens (including phenoxy) is 1. The highest BCUT2D eigenvalue weighted by molar-refractivity contribution is 5.72. The van der Waals surface area contributed by atoms with Gasteiger partial charge in [0.2, 0.25) is 5.95 Å². The van der Waals surface area contributed by atoms with Crippen molar-refractivity contribution in [2.75, 3.05) is 12.3 Å². The Morgan fingerprint density at radius 2 is 2.07 bits per heavy atom. The summed E-state index contributed by atoms with van der Waals surface area (Å²) in [6.45, 7) is -0.185. The third-order valence-electron chi connectivity index (χ3n) is 4.85. The van der Waals surface area contributed by atoms with Gasteiger partial charge in [0.25, 0.3) is 5.56 Å². The minimum Gasteiger partial charge on any atom is -0.394 e. The smallest absolute Gasteiger partial charge is 0.333 e. The van der Waals surface area contributed by atoms with Crippen LogP contribution in [-0.4, -0.2) is 48.1 Å². The summed E-state index contributed by atoms with van der Waals surface area (Å²) in [6, 6.07) is 9.51. The molecule has 29 heavy (non-hydrogen) atoms. The average Bonchev–Trinajstić information content (AvgIpc) is 3.19. The van der Waals surface area contributed by atoms with E-state index in [-0.39, 0.29) is 36.7 Å². The number of nitrogens with one attached hydrogen (secondary N) is 1. The van der Waals surface area contributed by atoms with Gasteiger partial charge in [0, 0.05) is 13.0 Å². The Morgan fingerprint density at radius 1 is 1.31 bits per heavy atom. The first-order valence-electron chi connectivity index (χ1n) is 9.16. The van der Waals surface area contributed by atoms with Crippen LogP contribution in [-0.2, 0) is 11.3 Å². The molecule has 1 saturated heterocycles. The molecule has 1 aliphatic rings. The van der Waals surface area contributed by atoms with Gasteiger partial charge < -0.3 is 20.7 Å². The van der Waals surface area contributed by atoms with Gasteiger partial charge in [-0.25, -0.2) is 9.36 Å². The highest BCUT2D eigenvalue weighted by atomic mass is 16.5. The molecular formula is C19H21N5O5. The maximum Gasteiger partial charge on any atom is 0.333 e. The number of anilines is 1. The fourth-order valence-electron chi connectivity index (χ4n) is 3.54. The predicted molar refractivity (Wildman–Crippen MR) is 106 cm³/mol. The van der Waals surface area contributed by atoms with Gasteiger partial charge in [-0.3, -0.25) is 14.3 Å². The van der Waals surface area contributed by atoms with Crippen LogP contribution in [0.4, 0.5) is 5.95 Å². The molecule has 0 radical (unpaired) electrons. The molecule has 0 amide bonds. The van der Waals surface area contributed by atoms with Crippen molar-refractivity contribution in [3.8, 4) is 0 Å². The Hall–Kier alpha value is -3.21. The highest BCUT2D eigenvalue weighted by Crippen LogP contribution is 2.29. The lowest BCUT2D eigenvalue weighted by atomic mass is 10.2. The van der Waals surface area contributed by atoms with Crippen LogP contribution in [0.15, 0.2) is 46.0 Å². The van der Waals surface area contributed by atoms with Gasteiger partial charge in [-0.05, 0) is 5.56 Å². The first kappa shape index (κ1) is 19.1. The summed E-state index contributed by atoms with van der Waals surface area (Å²) >= 11 is 0. The molecule has 5 N–H and O–H groups in total. The van der Waals surface area contributed by atoms with Crippen molar-refractivity contribution in [3.63, 3.8) is 0 Å². The number of imidazole rings is 1. The van der Waals surface area contributed by atoms with E-state index in [4.69, 9.17) is 10.5 Å². The second-order valence-corrected chi connectivity index (χ2v) is 6.83. The minimum absolute atomic E-state index is 0.0204. The summed E-state index contributed by atoms with van der Waals surface area (Å²) in [4.78, 5) is 32.1. The minimum atomic E-state index is -1.07. The lowest BCUT2D eigenvalue weighted by molar-refractivity contribution is -0.0505. The van der Waals surface area contributed by atoms with Gasteiger partial charge in [0.05, 0.1) is 12.7 Å². The fourth-order valence-corrected chi connectivity index (χ4v) is 3.54. The molecule has 0 aliphatic carbocycles. The normalized spacial score (nSPS) is 22.1. The zero-order chi connectivity index (χ0) is 20.5. The zero-order valence-electron chi connectivity index (χ0n) is 15.4. The number of nitrogens with two attached hydrogens (primary N) is 1. The quantitative estimate of drug-likeness (QED) is 0.465. The van der Waals surface area contributed by atoms with Crippen LogP contribution >= 0.6 is 0 Å². The van der Waals surface area contributed by atoms with Crippen molar-refractivity contribution < 1.29 is 14.9 Å². The molecule has 3 atom stereocenters. The molecule has 1 fully saturated rings. The number of hydrogen-bond acceptors (Lipinski definition) is 7. The largest absolute Gasteiger partial charge is 0.394 e. The standard InChI is InChI=1S/C19H21N5O5/c20-18-21-15-14(16(27)22-18)23(8-4-7-11-5-2-1-3-6-11)19(28)24(15)17-13(26)9-12(10-25)29-17/h1-7,12-13,17,25-26H,8-10H2,(H3,20,21,22,27)/b7-4+/t12-,13+,17+/m0/s1. The van der Waals surface area contributed by atoms with Gasteiger partial charge in [0.1, 0.15) is 6.10 Å². The highest BCUT2D eigenvalue weighted by Gasteiger charge is 2.38. The van der Waals surface area contributed by atoms with E-state index in [9.17, 15) is 19.8 Å². The van der Waals surface area contributed by atoms with E-state index in [2.05, 4.69) is 9.97 Å². The SMILES string of the molecule is Nc1nc2c(c(=O)[nH]1)n(C/C=C/c1ccccc1)c(=O)n2[C@@H]1O[C@H](CO)C[C@H]1O. The summed E-state index contributed by atoms with van der Waals surface area (Å²) in [5, 5.41) is 19.7. The number of allylic oxidation sites excluding steroid dienone is 1. The number of H-pyrrole nitrogens is 1. The molecule has 10 heteroatoms. The van der Waals surface area contributed by atoms with E-state index in [1.54, 1.807) is 6.08 Å². The molecule has 0 spiro atoms. The Labute approximate surface area is 164 Å². The van der Waals surface area contributed by atoms with Gasteiger partial charge in [0.15, 0.2) is 17.4 Å². The van der Waals surface area contributed by atoms with E-state index < -0.39 is 29.7 Å². The molecule has 4 rings (SSSR count). The fraction of sp³-hybridized carbons (Fsp3) is 0.316. The van der Waals surface area contributed by atoms with Crippen LogP contribution in [0.1, 0.15) is 18.2 Å². The van der Waals surface area contributed by atoms with Crippen LogP contribution in [0.25, 0.3) is 17.2 Å². The van der Waals surface area contributed by atoms with E-state index in [1.165, 1.54) is 4.57 Å². The molecule has 0 saturated carbocycles. The Morgan fingerprint density at radius 3 is 2.76 bits per heavy atom. The molecular weight excluding hydrogens is 378 g/mol. The van der Waals surface area contributed by atoms with Crippen LogP contribution in [0.2, 0.25) is 0 Å². The first-order valence-corrected chi connectivity index (χ1v) is 9.16. The van der Waals surface area contributed by atoms with Crippen LogP contribution < -0.4 is 17.0 Å². The molecule has 152 valence electrons. The Kier molecular flexibility index (Phi) is 5.05. The third-order valence-corrected chi connectivity index (χ3v) is 4.85. The number of aromatic nitrogens is 4. The van der Waals surface area contributed by atoms with E-state index in [0.717, 1.165) is 10.1 Å². The van der Waals surface area contributed by atoms with Crippen LogP contribution in [0.3, 0.4) is 0 Å². The number of nitrogens with zero attached hydrogens (tertiary/aromatic N) is 3. The molecule has 1 aromatic carbocycles. The third kappa shape index (κ3) is 3.48. The number of rotatable bonds is 5. The summed E-state index contributed by atoms with van der Waals surface area (Å²) in [5.41, 5.74) is 5.53. The number of hydrogen-bond donors (Lipinski definition) is 4. The lowest BCUT2D eigenvalue weighted by Crippen LogP contribution is -2.32. The van der Waals surface area contributed by atoms with Crippen molar-refractivity contribution in [2.45, 2.75) is 31.4 Å². The number of benzene rings is 1. The Balaban J connectivity index is 1.81. The molecule has 3 heterocycles. The van der Waals surface area contributed by atoms with Crippen LogP contribution in [0.5, 0.6) is 0 Å². The molecule has 3 aromatic rings. The summed E-state index contributed by atoms with van der Waals surface area (Å²) < 4.78 is 7.98. The van der Waals surface area contributed by atoms with Gasteiger partial charge in [-0.1, -0.05) is 42.5 Å². The molecule has 0 unspecified atom stereocenters. The summed E-state index contributed by atoms with van der Waals surface area (Å²) in [7, 11) is 0. The van der Waals surface area contributed by atoms with Crippen molar-refractivity contribution in [1.82, 2.24) is 19.1 Å². The number of nitrogen functional groups attached to an aromatic ring is 1. The maximum absolute atomic E-state index is 13.1. The Bertz CT molecular complexity index is 1160. The molecule has 10 nitrogen and oxygen atoms in total. The topological polar surface area (TPSA) is 148 Å². The number of aliphatic hydroxyl groups is 2. The van der Waals surface area contributed by atoms with Gasteiger partial charge in [-0.15, -0.1) is 0 Å². The average molecular weight is 399 g/mol. The van der Waals surface area contributed by atoms with Crippen molar-refractivity contribution in [3.05, 3.63) is 62.8 Å². The predicted octanol–water partition coefficient (Wildman–Crippen LogP) is -0.177. The zero-order valence-corrected chi connectivity index (χ0v) is 15.4. The van der Waals surface area contributed by atoms with Gasteiger partial charge >= 0.3 is 5.69 Å². The molecule has 2 aromatic heterocycles. The van der Waals surface area contributed by atoms with E-state index >= 15 is 0 Å². The van der Waals surface area contributed by atoms with Crippen LogP contribution in [0, 0.1) is 0 Å². The second kappa shape index (κ2) is 7.66. The second-order valence-electron chi connectivity index (χ2n) is 6.83. The molecule has 1 aliphatic heterocycles. The van der Waals surface area contributed by atoms with Crippen molar-refractivity contribution in [2.24, 2.45) is 0 Å². The number of fused-ring (bicyclic) bond motifs is 1. The van der Waals surface area contributed by atoms with E-state index in [0.29, 0.717) is 0 Å². The summed E-state index contributed by atoms with van der Waals surface area (Å²) in [6.07, 6.45) is 1.02. The van der Waals surface area contributed by atoms with E-state index in [1.807, 2.05) is 36.4 Å². The summed E-state index contributed by atoms with van der Waals surface area (Å²) in [5.74, 6) is -0.153.